The molecular formula is C62H40N6. The van der Waals surface area contributed by atoms with Crippen LogP contribution < -0.4 is 0 Å². The Labute approximate surface area is 392 Å². The lowest BCUT2D eigenvalue weighted by molar-refractivity contribution is 1.14. The molecule has 0 atom stereocenters. The maximum absolute atomic E-state index is 5.44. The SMILES string of the molecule is c1ccc(-c2cc(-c3ccc(-n4c5ccccc5c5cc(-n6c7ccccc7c7ccccc76)ccc54)c(-c4cc(-c5ccccc5)nc(-c5ccccc5)n4)c3)nc(-c3ccccc3)n2)cc1. The van der Waals surface area contributed by atoms with Crippen LogP contribution in [0.5, 0.6) is 0 Å². The van der Waals surface area contributed by atoms with Gasteiger partial charge in [0.1, 0.15) is 0 Å². The van der Waals surface area contributed by atoms with Gasteiger partial charge in [-0.15, -0.1) is 0 Å². The van der Waals surface area contributed by atoms with E-state index in [2.05, 4.69) is 191 Å². The lowest BCUT2D eigenvalue weighted by atomic mass is 9.99. The van der Waals surface area contributed by atoms with Crippen LogP contribution in [-0.2, 0) is 0 Å². The number of hydrogen-bond acceptors (Lipinski definition) is 4. The number of hydrogen-bond donors (Lipinski definition) is 0. The highest BCUT2D eigenvalue weighted by Gasteiger charge is 2.22. The minimum Gasteiger partial charge on any atom is -0.309 e. The second kappa shape index (κ2) is 16.3. The summed E-state index contributed by atoms with van der Waals surface area (Å²) in [5.74, 6) is 1.31. The van der Waals surface area contributed by atoms with Crippen LogP contribution in [0.4, 0.5) is 0 Å². The Morgan fingerprint density at radius 3 is 1.18 bits per heavy atom. The molecule has 13 aromatic rings. The maximum atomic E-state index is 5.44. The molecule has 0 N–H and O–H groups in total. The fourth-order valence-corrected chi connectivity index (χ4v) is 9.78. The molecule has 318 valence electrons. The van der Waals surface area contributed by atoms with Gasteiger partial charge in [0.2, 0.25) is 0 Å². The summed E-state index contributed by atoms with van der Waals surface area (Å²) < 4.78 is 4.79. The van der Waals surface area contributed by atoms with Gasteiger partial charge in [-0.25, -0.2) is 19.9 Å². The average molecular weight is 869 g/mol. The lowest BCUT2D eigenvalue weighted by Gasteiger charge is -2.17. The summed E-state index contributed by atoms with van der Waals surface area (Å²) >= 11 is 0. The van der Waals surface area contributed by atoms with Crippen molar-refractivity contribution in [2.45, 2.75) is 0 Å². The monoisotopic (exact) mass is 868 g/mol. The molecule has 0 unspecified atom stereocenters. The molecule has 6 heteroatoms. The summed E-state index contributed by atoms with van der Waals surface area (Å²) in [6.07, 6.45) is 0. The van der Waals surface area contributed by atoms with Gasteiger partial charge in [0.25, 0.3) is 0 Å². The summed E-state index contributed by atoms with van der Waals surface area (Å²) in [5.41, 5.74) is 15.7. The van der Waals surface area contributed by atoms with Gasteiger partial charge in [-0.05, 0) is 60.7 Å². The van der Waals surface area contributed by atoms with Gasteiger partial charge in [0.05, 0.1) is 50.5 Å². The molecule has 0 fully saturated rings. The largest absolute Gasteiger partial charge is 0.309 e. The van der Waals surface area contributed by atoms with Crippen molar-refractivity contribution < 1.29 is 0 Å². The molecule has 4 heterocycles. The third kappa shape index (κ3) is 6.74. The first-order valence-corrected chi connectivity index (χ1v) is 22.9. The Kier molecular flexibility index (Phi) is 9.39. The minimum atomic E-state index is 0.649. The highest BCUT2D eigenvalue weighted by Crippen LogP contribution is 2.41. The highest BCUT2D eigenvalue weighted by molar-refractivity contribution is 6.12. The number of rotatable bonds is 8. The molecule has 9 aromatic carbocycles. The van der Waals surface area contributed by atoms with E-state index in [1.807, 2.05) is 60.7 Å². The van der Waals surface area contributed by atoms with E-state index < -0.39 is 0 Å². The van der Waals surface area contributed by atoms with Crippen molar-refractivity contribution in [3.05, 3.63) is 243 Å². The molecule has 0 amide bonds. The Morgan fingerprint density at radius 1 is 0.250 bits per heavy atom. The van der Waals surface area contributed by atoms with E-state index in [1.54, 1.807) is 0 Å². The summed E-state index contributed by atoms with van der Waals surface area (Å²) in [7, 11) is 0. The maximum Gasteiger partial charge on any atom is 0.160 e. The molecule has 0 saturated carbocycles. The van der Waals surface area contributed by atoms with E-state index in [0.717, 1.165) is 89.3 Å². The molecule has 0 radical (unpaired) electrons. The molecular weight excluding hydrogens is 829 g/mol. The van der Waals surface area contributed by atoms with Crippen molar-refractivity contribution in [2.75, 3.05) is 0 Å². The first-order chi connectivity index (χ1) is 33.7. The van der Waals surface area contributed by atoms with Crippen LogP contribution in [0.3, 0.4) is 0 Å². The predicted octanol–water partition coefficient (Wildman–Crippen LogP) is 15.5. The van der Waals surface area contributed by atoms with Gasteiger partial charge in [0.15, 0.2) is 11.6 Å². The van der Waals surface area contributed by atoms with Gasteiger partial charge < -0.3 is 9.13 Å². The summed E-state index contributed by atoms with van der Waals surface area (Å²) in [4.78, 5) is 21.0. The summed E-state index contributed by atoms with van der Waals surface area (Å²) in [6, 6.07) is 85.0. The molecule has 0 aliphatic heterocycles. The van der Waals surface area contributed by atoms with Crippen molar-refractivity contribution in [3.8, 4) is 79.2 Å². The van der Waals surface area contributed by atoms with Crippen molar-refractivity contribution in [1.29, 1.82) is 0 Å². The molecule has 6 nitrogen and oxygen atoms in total. The minimum absolute atomic E-state index is 0.649. The quantitative estimate of drug-likeness (QED) is 0.153. The van der Waals surface area contributed by atoms with E-state index in [1.165, 1.54) is 21.8 Å². The van der Waals surface area contributed by atoms with Gasteiger partial charge in [0, 0.05) is 60.6 Å². The van der Waals surface area contributed by atoms with E-state index in [0.29, 0.717) is 11.6 Å². The number of aromatic nitrogens is 6. The first-order valence-electron chi connectivity index (χ1n) is 22.9. The molecule has 4 aromatic heterocycles. The fraction of sp³-hybridized carbons (Fsp3) is 0. The van der Waals surface area contributed by atoms with Crippen molar-refractivity contribution in [3.63, 3.8) is 0 Å². The zero-order chi connectivity index (χ0) is 45.0. The van der Waals surface area contributed by atoms with Crippen LogP contribution in [-0.4, -0.2) is 29.1 Å². The molecule has 68 heavy (non-hydrogen) atoms. The van der Waals surface area contributed by atoms with Crippen LogP contribution >= 0.6 is 0 Å². The van der Waals surface area contributed by atoms with E-state index in [4.69, 9.17) is 19.9 Å². The predicted molar refractivity (Wildman–Crippen MR) is 279 cm³/mol. The topological polar surface area (TPSA) is 61.4 Å². The van der Waals surface area contributed by atoms with Gasteiger partial charge in [-0.2, -0.15) is 0 Å². The highest BCUT2D eigenvalue weighted by atomic mass is 15.0. The number of nitrogens with zero attached hydrogens (tertiary/aromatic N) is 6. The Bertz CT molecular complexity index is 3840. The third-order valence-corrected chi connectivity index (χ3v) is 13.0. The molecule has 0 aliphatic carbocycles. The average Bonchev–Trinajstić information content (AvgIpc) is 3.94. The van der Waals surface area contributed by atoms with Crippen LogP contribution in [0.2, 0.25) is 0 Å². The van der Waals surface area contributed by atoms with Crippen molar-refractivity contribution >= 4 is 43.6 Å². The lowest BCUT2D eigenvalue weighted by Crippen LogP contribution is -2.02. The van der Waals surface area contributed by atoms with Gasteiger partial charge in [-0.3, -0.25) is 0 Å². The Morgan fingerprint density at radius 2 is 0.647 bits per heavy atom. The zero-order valence-corrected chi connectivity index (χ0v) is 36.8. The number of benzene rings is 9. The standard InChI is InChI=1S/C62H40N6/c1-5-19-41(20-6-1)52-39-54(65-61(63-52)43-23-9-3-10-24-43)45-33-35-60(51(37-45)55-40-53(42-21-7-2-8-22-42)64-62(66-55)44-25-11-4-12-26-44)68-58-32-18-15-29-49(58)50-38-46(34-36-59(50)68)67-56-30-16-13-27-47(56)48-28-14-17-31-57(48)67/h1-40H. The van der Waals surface area contributed by atoms with Crippen LogP contribution in [0.15, 0.2) is 243 Å². The zero-order valence-electron chi connectivity index (χ0n) is 36.8. The van der Waals surface area contributed by atoms with Crippen molar-refractivity contribution in [2.24, 2.45) is 0 Å². The van der Waals surface area contributed by atoms with Gasteiger partial charge in [-0.1, -0.05) is 182 Å². The second-order valence-corrected chi connectivity index (χ2v) is 17.0. The van der Waals surface area contributed by atoms with Crippen molar-refractivity contribution in [1.82, 2.24) is 29.1 Å². The van der Waals surface area contributed by atoms with E-state index >= 15 is 0 Å². The van der Waals surface area contributed by atoms with E-state index in [9.17, 15) is 0 Å². The number of fused-ring (bicyclic) bond motifs is 6. The Hall–Kier alpha value is -9.26. The Balaban J connectivity index is 1.08. The second-order valence-electron chi connectivity index (χ2n) is 17.0. The summed E-state index contributed by atoms with van der Waals surface area (Å²) in [6.45, 7) is 0. The molecule has 13 rings (SSSR count). The van der Waals surface area contributed by atoms with Crippen LogP contribution in [0.25, 0.3) is 123 Å². The molecule has 0 aliphatic rings. The summed E-state index contributed by atoms with van der Waals surface area (Å²) in [5, 5.41) is 4.79. The smallest absolute Gasteiger partial charge is 0.160 e. The third-order valence-electron chi connectivity index (χ3n) is 13.0. The molecule has 0 saturated heterocycles. The fourth-order valence-electron chi connectivity index (χ4n) is 9.78. The normalized spacial score (nSPS) is 11.5. The molecule has 0 spiro atoms. The van der Waals surface area contributed by atoms with E-state index in [-0.39, 0.29) is 0 Å². The van der Waals surface area contributed by atoms with Gasteiger partial charge >= 0.3 is 0 Å². The first kappa shape index (κ1) is 39.1. The number of para-hydroxylation sites is 3. The van der Waals surface area contributed by atoms with Crippen LogP contribution in [0, 0.1) is 0 Å². The molecule has 0 bridgehead atoms. The van der Waals surface area contributed by atoms with Crippen LogP contribution in [0.1, 0.15) is 0 Å².